The third-order valence-corrected chi connectivity index (χ3v) is 6.47. The minimum Gasteiger partial charge on any atom is -0.339 e. The maximum atomic E-state index is 12.9. The minimum atomic E-state index is -0.638. The highest BCUT2D eigenvalue weighted by molar-refractivity contribution is 5.92. The summed E-state index contributed by atoms with van der Waals surface area (Å²) >= 11 is 0. The third-order valence-electron chi connectivity index (χ3n) is 6.47. The molecule has 0 spiro atoms. The predicted molar refractivity (Wildman–Crippen MR) is 142 cm³/mol. The Labute approximate surface area is 214 Å². The highest BCUT2D eigenvalue weighted by Gasteiger charge is 2.26. The largest absolute Gasteiger partial charge is 0.339 e. The molecule has 0 atom stereocenters. The second kappa shape index (κ2) is 11.0. The monoisotopic (exact) mass is 493 g/mol. The third kappa shape index (κ3) is 5.49. The van der Waals surface area contributed by atoms with Crippen LogP contribution in [-0.4, -0.2) is 49.5 Å². The van der Waals surface area contributed by atoms with E-state index in [-0.39, 0.29) is 11.9 Å². The molecule has 1 saturated heterocycles. The fourth-order valence-electron chi connectivity index (χ4n) is 4.66. The van der Waals surface area contributed by atoms with E-state index >= 15 is 0 Å². The van der Waals surface area contributed by atoms with Crippen molar-refractivity contribution in [2.45, 2.75) is 18.9 Å². The molecule has 186 valence electrons. The van der Waals surface area contributed by atoms with E-state index < -0.39 is 5.91 Å². The quantitative estimate of drug-likeness (QED) is 0.234. The van der Waals surface area contributed by atoms with Crippen molar-refractivity contribution < 1.29 is 14.8 Å². The van der Waals surface area contributed by atoms with Crippen molar-refractivity contribution in [1.29, 1.82) is 0 Å². The van der Waals surface area contributed by atoms with Gasteiger partial charge in [0.25, 0.3) is 5.91 Å². The van der Waals surface area contributed by atoms with Crippen LogP contribution in [0.3, 0.4) is 0 Å². The van der Waals surface area contributed by atoms with E-state index in [4.69, 9.17) is 10.2 Å². The molecule has 0 aliphatic carbocycles. The van der Waals surface area contributed by atoms with Gasteiger partial charge in [-0.05, 0) is 49.3 Å². The Kier molecular flexibility index (Phi) is 7.19. The molecule has 0 saturated carbocycles. The summed E-state index contributed by atoms with van der Waals surface area (Å²) in [6.07, 6.45) is 7.56. The number of rotatable bonds is 6. The fourth-order valence-corrected chi connectivity index (χ4v) is 4.66. The van der Waals surface area contributed by atoms with E-state index in [1.165, 1.54) is 17.6 Å². The van der Waals surface area contributed by atoms with Gasteiger partial charge in [-0.25, -0.2) is 15.4 Å². The van der Waals surface area contributed by atoms with Crippen LogP contribution in [0.15, 0.2) is 84.9 Å². The van der Waals surface area contributed by atoms with Gasteiger partial charge in [0.2, 0.25) is 5.91 Å². The number of fused-ring (bicyclic) bond motifs is 1. The van der Waals surface area contributed by atoms with Gasteiger partial charge in [0.1, 0.15) is 5.82 Å². The van der Waals surface area contributed by atoms with Crippen molar-refractivity contribution in [3.05, 3.63) is 96.3 Å². The number of imidazole rings is 1. The zero-order valence-electron chi connectivity index (χ0n) is 20.2. The number of likely N-dealkylation sites (tertiary alicyclic amines) is 1. The zero-order valence-corrected chi connectivity index (χ0v) is 20.2. The molecule has 2 aromatic heterocycles. The number of carbonyl (C=O) groups excluding carboxylic acids is 2. The number of benzene rings is 2. The highest BCUT2D eigenvalue weighted by Crippen LogP contribution is 2.33. The van der Waals surface area contributed by atoms with E-state index in [0.717, 1.165) is 35.3 Å². The molecule has 5 rings (SSSR count). The van der Waals surface area contributed by atoms with Crippen LogP contribution in [0.4, 0.5) is 0 Å². The van der Waals surface area contributed by atoms with Crippen LogP contribution in [0, 0.1) is 0 Å². The lowest BCUT2D eigenvalue weighted by Crippen LogP contribution is -2.38. The summed E-state index contributed by atoms with van der Waals surface area (Å²) in [5, 5.41) is 8.59. The number of hydroxylamine groups is 1. The van der Waals surface area contributed by atoms with Gasteiger partial charge in [-0.15, -0.1) is 0 Å². The van der Waals surface area contributed by atoms with Crippen molar-refractivity contribution in [2.24, 2.45) is 0 Å². The molecular formula is C29H27N5O3. The molecular weight excluding hydrogens is 466 g/mol. The standard InChI is InChI=1S/C29H27N5O3/c35-27(32-37)15-13-22-9-6-10-23(30-22)14-16-28(36)33-19-17-24(18-20-33)34-26-12-5-4-11-25(26)31-29(34)21-7-2-1-3-8-21/h1-16,24,37H,17-20H2,(H,32,35). The summed E-state index contributed by atoms with van der Waals surface area (Å²) in [4.78, 5) is 35.3. The first-order valence-electron chi connectivity index (χ1n) is 12.2. The molecule has 2 amide bonds. The van der Waals surface area contributed by atoms with Crippen LogP contribution in [0.25, 0.3) is 34.6 Å². The number of piperidine rings is 1. The summed E-state index contributed by atoms with van der Waals surface area (Å²) in [6.45, 7) is 1.31. The Balaban J connectivity index is 1.28. The fraction of sp³-hybridized carbons (Fsp3) is 0.172. The Morgan fingerprint density at radius 3 is 2.24 bits per heavy atom. The summed E-state index contributed by atoms with van der Waals surface area (Å²) in [5.41, 5.74) is 5.86. The molecule has 1 aliphatic rings. The smallest absolute Gasteiger partial charge is 0.267 e. The Morgan fingerprint density at radius 1 is 0.838 bits per heavy atom. The molecule has 0 unspecified atom stereocenters. The van der Waals surface area contributed by atoms with E-state index in [9.17, 15) is 9.59 Å². The van der Waals surface area contributed by atoms with E-state index in [1.807, 2.05) is 41.3 Å². The average molecular weight is 494 g/mol. The second-order valence-electron chi connectivity index (χ2n) is 8.85. The summed E-state index contributed by atoms with van der Waals surface area (Å²) in [6, 6.07) is 24.0. The Morgan fingerprint density at radius 2 is 1.51 bits per heavy atom. The van der Waals surface area contributed by atoms with Crippen LogP contribution < -0.4 is 5.48 Å². The molecule has 1 aliphatic heterocycles. The SMILES string of the molecule is O=C(C=Cc1cccc(C=CC(=O)N2CCC(n3c(-c4ccccc4)nc4ccccc43)CC2)n1)NO. The molecule has 8 heteroatoms. The first-order valence-corrected chi connectivity index (χ1v) is 12.2. The van der Waals surface area contributed by atoms with Crippen LogP contribution >= 0.6 is 0 Å². The number of aromatic nitrogens is 3. The average Bonchev–Trinajstić information content (AvgIpc) is 3.35. The zero-order chi connectivity index (χ0) is 25.6. The molecule has 2 N–H and O–H groups in total. The lowest BCUT2D eigenvalue weighted by Gasteiger charge is -2.33. The van der Waals surface area contributed by atoms with Gasteiger partial charge >= 0.3 is 0 Å². The number of amides is 2. The number of para-hydroxylation sites is 2. The molecule has 2 aromatic carbocycles. The van der Waals surface area contributed by atoms with E-state index in [0.29, 0.717) is 24.5 Å². The number of hydrogen-bond acceptors (Lipinski definition) is 5. The van der Waals surface area contributed by atoms with Crippen molar-refractivity contribution >= 4 is 35.0 Å². The first kappa shape index (κ1) is 24.1. The van der Waals surface area contributed by atoms with Crippen molar-refractivity contribution in [3.63, 3.8) is 0 Å². The molecule has 3 heterocycles. The molecule has 37 heavy (non-hydrogen) atoms. The second-order valence-corrected chi connectivity index (χ2v) is 8.85. The lowest BCUT2D eigenvalue weighted by atomic mass is 10.0. The summed E-state index contributed by atoms with van der Waals surface area (Å²) in [5.74, 6) is 0.267. The van der Waals surface area contributed by atoms with Gasteiger partial charge < -0.3 is 9.47 Å². The van der Waals surface area contributed by atoms with Gasteiger partial charge in [0, 0.05) is 36.8 Å². The van der Waals surface area contributed by atoms with Crippen LogP contribution in [0.1, 0.15) is 30.3 Å². The maximum Gasteiger partial charge on any atom is 0.267 e. The van der Waals surface area contributed by atoms with E-state index in [2.05, 4.69) is 27.8 Å². The number of nitrogens with one attached hydrogen (secondary N) is 1. The van der Waals surface area contributed by atoms with Crippen LogP contribution in [0.5, 0.6) is 0 Å². The van der Waals surface area contributed by atoms with E-state index in [1.54, 1.807) is 30.4 Å². The number of nitrogens with zero attached hydrogens (tertiary/aromatic N) is 4. The molecule has 0 bridgehead atoms. The summed E-state index contributed by atoms with van der Waals surface area (Å²) < 4.78 is 2.34. The number of hydrogen-bond donors (Lipinski definition) is 2. The van der Waals surface area contributed by atoms with Crippen molar-refractivity contribution in [1.82, 2.24) is 24.9 Å². The normalized spacial score (nSPS) is 14.6. The number of carbonyl (C=O) groups is 2. The number of pyridine rings is 1. The van der Waals surface area contributed by atoms with Gasteiger partial charge in [-0.2, -0.15) is 0 Å². The molecule has 4 aromatic rings. The molecule has 8 nitrogen and oxygen atoms in total. The predicted octanol–water partition coefficient (Wildman–Crippen LogP) is 4.49. The highest BCUT2D eigenvalue weighted by atomic mass is 16.5. The topological polar surface area (TPSA) is 100 Å². The van der Waals surface area contributed by atoms with Crippen molar-refractivity contribution in [2.75, 3.05) is 13.1 Å². The Bertz CT molecular complexity index is 1470. The van der Waals surface area contributed by atoms with Gasteiger partial charge in [0.15, 0.2) is 0 Å². The van der Waals surface area contributed by atoms with Crippen LogP contribution in [-0.2, 0) is 9.59 Å². The first-order chi connectivity index (χ1) is 18.1. The van der Waals surface area contributed by atoms with Crippen LogP contribution in [0.2, 0.25) is 0 Å². The molecule has 1 fully saturated rings. The Hall–Kier alpha value is -4.56. The van der Waals surface area contributed by atoms with Gasteiger partial charge in [0.05, 0.1) is 22.4 Å². The van der Waals surface area contributed by atoms with Crippen molar-refractivity contribution in [3.8, 4) is 11.4 Å². The molecule has 0 radical (unpaired) electrons. The lowest BCUT2D eigenvalue weighted by molar-refractivity contribution is -0.127. The maximum absolute atomic E-state index is 12.9. The minimum absolute atomic E-state index is 0.0559. The van der Waals surface area contributed by atoms with Gasteiger partial charge in [-0.3, -0.25) is 14.8 Å². The van der Waals surface area contributed by atoms with Gasteiger partial charge in [-0.1, -0.05) is 48.5 Å². The summed E-state index contributed by atoms with van der Waals surface area (Å²) in [7, 11) is 0.